The summed E-state index contributed by atoms with van der Waals surface area (Å²) >= 11 is 0. The predicted octanol–water partition coefficient (Wildman–Crippen LogP) is 2.81. The van der Waals surface area contributed by atoms with Gasteiger partial charge in [0.2, 0.25) is 0 Å². The first-order valence-corrected chi connectivity index (χ1v) is 4.46. The summed E-state index contributed by atoms with van der Waals surface area (Å²) in [6.45, 7) is 0.918. The van der Waals surface area contributed by atoms with Gasteiger partial charge in [-0.05, 0) is 25.5 Å². The Morgan fingerprint density at radius 3 is 2.64 bits per heavy atom. The van der Waals surface area contributed by atoms with E-state index in [9.17, 15) is 8.78 Å². The lowest BCUT2D eigenvalue weighted by Crippen LogP contribution is -2.14. The molecule has 0 bridgehead atoms. The van der Waals surface area contributed by atoms with E-state index >= 15 is 0 Å². The van der Waals surface area contributed by atoms with Crippen molar-refractivity contribution in [3.8, 4) is 0 Å². The van der Waals surface area contributed by atoms with Crippen molar-refractivity contribution in [1.82, 2.24) is 5.32 Å². The minimum absolute atomic E-state index is 0. The molecule has 0 radical (unpaired) electrons. The van der Waals surface area contributed by atoms with E-state index in [4.69, 9.17) is 0 Å². The lowest BCUT2D eigenvalue weighted by atomic mass is 10.0. The topological polar surface area (TPSA) is 12.0 Å². The van der Waals surface area contributed by atoms with Gasteiger partial charge in [-0.25, -0.2) is 8.78 Å². The van der Waals surface area contributed by atoms with Gasteiger partial charge in [0.15, 0.2) is 0 Å². The van der Waals surface area contributed by atoms with Gasteiger partial charge >= 0.3 is 0 Å². The van der Waals surface area contributed by atoms with Gasteiger partial charge in [-0.3, -0.25) is 0 Å². The highest BCUT2D eigenvalue weighted by atomic mass is 35.5. The van der Waals surface area contributed by atoms with Crippen molar-refractivity contribution in [3.63, 3.8) is 0 Å². The molecule has 1 N–H and O–H groups in total. The third-order valence-corrected chi connectivity index (χ3v) is 2.40. The first kappa shape index (κ1) is 11.4. The van der Waals surface area contributed by atoms with Crippen molar-refractivity contribution >= 4 is 12.4 Å². The second kappa shape index (κ2) is 4.71. The molecule has 1 aromatic rings. The molecule has 1 aliphatic heterocycles. The van der Waals surface area contributed by atoms with Crippen molar-refractivity contribution in [3.05, 3.63) is 35.4 Å². The maximum absolute atomic E-state index is 13.2. The van der Waals surface area contributed by atoms with Crippen LogP contribution in [0.4, 0.5) is 8.78 Å². The fourth-order valence-corrected chi connectivity index (χ4v) is 1.73. The minimum atomic E-state index is -0.515. The molecule has 0 aliphatic carbocycles. The first-order valence-electron chi connectivity index (χ1n) is 4.46. The average molecular weight is 220 g/mol. The Kier molecular flexibility index (Phi) is 3.84. The molecule has 0 unspecified atom stereocenters. The van der Waals surface area contributed by atoms with Crippen LogP contribution in [0.5, 0.6) is 0 Å². The van der Waals surface area contributed by atoms with Gasteiger partial charge in [-0.1, -0.05) is 6.07 Å². The van der Waals surface area contributed by atoms with Gasteiger partial charge in [0, 0.05) is 17.7 Å². The van der Waals surface area contributed by atoms with Crippen LogP contribution in [0, 0.1) is 11.6 Å². The Labute approximate surface area is 87.9 Å². The number of rotatable bonds is 1. The Bertz CT molecular complexity index is 311. The summed E-state index contributed by atoms with van der Waals surface area (Å²) in [6.07, 6.45) is 1.99. The zero-order valence-electron chi connectivity index (χ0n) is 7.59. The first-order chi connectivity index (χ1) is 6.27. The van der Waals surface area contributed by atoms with Crippen molar-refractivity contribution in [1.29, 1.82) is 0 Å². The maximum atomic E-state index is 13.2. The summed E-state index contributed by atoms with van der Waals surface area (Å²) in [5.41, 5.74) is 0.582. The smallest absolute Gasteiger partial charge is 0.130 e. The average Bonchev–Trinajstić information content (AvgIpc) is 2.56. The molecule has 1 aliphatic rings. The van der Waals surface area contributed by atoms with Crippen LogP contribution in [0.15, 0.2) is 18.2 Å². The van der Waals surface area contributed by atoms with E-state index in [2.05, 4.69) is 5.32 Å². The molecule has 14 heavy (non-hydrogen) atoms. The monoisotopic (exact) mass is 219 g/mol. The molecule has 1 fully saturated rings. The molecule has 78 valence electrons. The van der Waals surface area contributed by atoms with Crippen molar-refractivity contribution < 1.29 is 8.78 Å². The maximum Gasteiger partial charge on any atom is 0.130 e. The van der Waals surface area contributed by atoms with Crippen LogP contribution in [0.3, 0.4) is 0 Å². The van der Waals surface area contributed by atoms with Gasteiger partial charge in [0.05, 0.1) is 0 Å². The highest BCUT2D eigenvalue weighted by molar-refractivity contribution is 5.85. The molecule has 0 amide bonds. The van der Waals surface area contributed by atoms with Gasteiger partial charge in [-0.2, -0.15) is 0 Å². The zero-order chi connectivity index (χ0) is 9.26. The van der Waals surface area contributed by atoms with Crippen molar-refractivity contribution in [2.45, 2.75) is 18.9 Å². The van der Waals surface area contributed by atoms with Crippen LogP contribution in [-0.4, -0.2) is 6.54 Å². The summed E-state index contributed by atoms with van der Waals surface area (Å²) in [5.74, 6) is -0.960. The number of hydrogen-bond acceptors (Lipinski definition) is 1. The quantitative estimate of drug-likeness (QED) is 0.766. The molecule has 4 heteroatoms. The van der Waals surface area contributed by atoms with E-state index < -0.39 is 11.6 Å². The lowest BCUT2D eigenvalue weighted by Gasteiger charge is -2.10. The fourth-order valence-electron chi connectivity index (χ4n) is 1.73. The van der Waals surface area contributed by atoms with Crippen LogP contribution in [0.2, 0.25) is 0 Å². The highest BCUT2D eigenvalue weighted by Gasteiger charge is 2.19. The number of benzene rings is 1. The molecule has 1 aromatic carbocycles. The lowest BCUT2D eigenvalue weighted by molar-refractivity contribution is 0.540. The largest absolute Gasteiger partial charge is 0.310 e. The fraction of sp³-hybridized carbons (Fsp3) is 0.400. The molecular weight excluding hydrogens is 208 g/mol. The van der Waals surface area contributed by atoms with Crippen LogP contribution in [0.25, 0.3) is 0 Å². The van der Waals surface area contributed by atoms with Gasteiger partial charge in [0.25, 0.3) is 0 Å². The van der Waals surface area contributed by atoms with E-state index in [0.717, 1.165) is 25.5 Å². The van der Waals surface area contributed by atoms with E-state index in [-0.39, 0.29) is 18.4 Å². The summed E-state index contributed by atoms with van der Waals surface area (Å²) < 4.78 is 25.8. The van der Waals surface area contributed by atoms with Crippen LogP contribution in [0.1, 0.15) is 24.4 Å². The predicted molar refractivity (Wildman–Crippen MR) is 53.6 cm³/mol. The second-order valence-electron chi connectivity index (χ2n) is 3.31. The van der Waals surface area contributed by atoms with Gasteiger partial charge < -0.3 is 5.32 Å². The van der Waals surface area contributed by atoms with E-state index in [1.54, 1.807) is 0 Å². The number of halogens is 3. The van der Waals surface area contributed by atoms with E-state index in [1.807, 2.05) is 0 Å². The summed E-state index contributed by atoms with van der Waals surface area (Å²) in [7, 11) is 0. The summed E-state index contributed by atoms with van der Waals surface area (Å²) in [5, 5.41) is 3.17. The second-order valence-corrected chi connectivity index (χ2v) is 3.31. The number of hydrogen-bond donors (Lipinski definition) is 1. The zero-order valence-corrected chi connectivity index (χ0v) is 8.41. The minimum Gasteiger partial charge on any atom is -0.310 e. The normalized spacial score (nSPS) is 20.6. The highest BCUT2D eigenvalue weighted by Crippen LogP contribution is 2.25. The molecule has 0 aromatic heterocycles. The number of nitrogens with one attached hydrogen (secondary N) is 1. The molecule has 0 spiro atoms. The summed E-state index contributed by atoms with van der Waals surface area (Å²) in [4.78, 5) is 0. The molecular formula is C10H12ClF2N. The standard InChI is InChI=1S/C10H11F2N.ClH/c11-7-3-4-8(9(12)6-7)10-2-1-5-13-10;/h3-4,6,10,13H,1-2,5H2;1H/t10-;/m1./s1. The molecule has 1 saturated heterocycles. The molecule has 1 nitrogen and oxygen atoms in total. The van der Waals surface area contributed by atoms with Crippen molar-refractivity contribution in [2.75, 3.05) is 6.54 Å². The molecule has 0 saturated carbocycles. The summed E-state index contributed by atoms with van der Waals surface area (Å²) in [6, 6.07) is 3.84. The Hall–Kier alpha value is -0.670. The third kappa shape index (κ3) is 2.22. The van der Waals surface area contributed by atoms with Crippen LogP contribution < -0.4 is 5.32 Å². The Morgan fingerprint density at radius 1 is 1.29 bits per heavy atom. The van der Waals surface area contributed by atoms with Crippen molar-refractivity contribution in [2.24, 2.45) is 0 Å². The van der Waals surface area contributed by atoms with Gasteiger partial charge in [0.1, 0.15) is 11.6 Å². The van der Waals surface area contributed by atoms with E-state index in [0.29, 0.717) is 5.56 Å². The third-order valence-electron chi connectivity index (χ3n) is 2.40. The Balaban J connectivity index is 0.000000980. The molecule has 2 rings (SSSR count). The Morgan fingerprint density at radius 2 is 2.07 bits per heavy atom. The van der Waals surface area contributed by atoms with Crippen LogP contribution >= 0.6 is 12.4 Å². The SMILES string of the molecule is Cl.Fc1ccc([C@H]2CCCN2)c(F)c1. The van der Waals surface area contributed by atoms with Crippen LogP contribution in [-0.2, 0) is 0 Å². The van der Waals surface area contributed by atoms with Gasteiger partial charge in [-0.15, -0.1) is 12.4 Å². The molecule has 1 atom stereocenters. The van der Waals surface area contributed by atoms with E-state index in [1.165, 1.54) is 12.1 Å². The molecule has 1 heterocycles.